The zero-order valence-corrected chi connectivity index (χ0v) is 8.59. The number of hydrogen-bond acceptors (Lipinski definition) is 3. The van der Waals surface area contributed by atoms with Crippen molar-refractivity contribution in [3.63, 3.8) is 0 Å². The highest BCUT2D eigenvalue weighted by Gasteiger charge is 1.97. The molecule has 78 valence electrons. The summed E-state index contributed by atoms with van der Waals surface area (Å²) in [6, 6.07) is 3.74. The molecule has 0 radical (unpaired) electrons. The Labute approximate surface area is 83.3 Å². The van der Waals surface area contributed by atoms with Gasteiger partial charge in [-0.1, -0.05) is 6.07 Å². The van der Waals surface area contributed by atoms with Gasteiger partial charge in [0.15, 0.2) is 0 Å². The summed E-state index contributed by atoms with van der Waals surface area (Å²) in [7, 11) is 1.65. The van der Waals surface area contributed by atoms with Crippen LogP contribution in [0.15, 0.2) is 16.9 Å². The number of aryl methyl sites for hydroxylation is 1. The molecule has 4 heteroatoms. The third-order valence-electron chi connectivity index (χ3n) is 1.94. The summed E-state index contributed by atoms with van der Waals surface area (Å²) in [6.45, 7) is 3.86. The van der Waals surface area contributed by atoms with E-state index in [0.29, 0.717) is 13.2 Å². The normalized spacial score (nSPS) is 10.4. The molecule has 4 nitrogen and oxygen atoms in total. The molecule has 1 aromatic heterocycles. The summed E-state index contributed by atoms with van der Waals surface area (Å²) in [5, 5.41) is 3.12. The number of aromatic amines is 1. The van der Waals surface area contributed by atoms with Gasteiger partial charge in [-0.05, 0) is 13.0 Å². The van der Waals surface area contributed by atoms with Crippen LogP contribution in [0.2, 0.25) is 0 Å². The van der Waals surface area contributed by atoms with Crippen molar-refractivity contribution in [2.45, 2.75) is 13.5 Å². The van der Waals surface area contributed by atoms with Crippen LogP contribution < -0.4 is 10.9 Å². The first kappa shape index (κ1) is 10.9. The second kappa shape index (κ2) is 5.57. The van der Waals surface area contributed by atoms with E-state index in [1.54, 1.807) is 7.11 Å². The van der Waals surface area contributed by atoms with E-state index in [9.17, 15) is 4.79 Å². The van der Waals surface area contributed by atoms with Crippen LogP contribution in [0, 0.1) is 6.92 Å². The molecule has 0 aromatic carbocycles. The number of pyridine rings is 1. The zero-order chi connectivity index (χ0) is 10.4. The lowest BCUT2D eigenvalue weighted by molar-refractivity contribution is 0.199. The Kier molecular flexibility index (Phi) is 4.35. The minimum absolute atomic E-state index is 0.0186. The van der Waals surface area contributed by atoms with Gasteiger partial charge in [0, 0.05) is 31.5 Å². The maximum atomic E-state index is 11.4. The minimum atomic E-state index is -0.0186. The number of H-pyrrole nitrogens is 1. The lowest BCUT2D eigenvalue weighted by Crippen LogP contribution is -2.23. The second-order valence-corrected chi connectivity index (χ2v) is 3.17. The summed E-state index contributed by atoms with van der Waals surface area (Å²) in [4.78, 5) is 14.1. The Morgan fingerprint density at radius 3 is 2.93 bits per heavy atom. The fraction of sp³-hybridized carbons (Fsp3) is 0.500. The molecule has 0 bridgehead atoms. The molecule has 0 aliphatic carbocycles. The maximum absolute atomic E-state index is 11.4. The average Bonchev–Trinajstić information content (AvgIpc) is 2.15. The first-order chi connectivity index (χ1) is 6.74. The molecular formula is C10H16N2O2. The summed E-state index contributed by atoms with van der Waals surface area (Å²) in [6.07, 6.45) is 0. The van der Waals surface area contributed by atoms with Gasteiger partial charge in [-0.15, -0.1) is 0 Å². The van der Waals surface area contributed by atoms with E-state index in [4.69, 9.17) is 4.74 Å². The van der Waals surface area contributed by atoms with Crippen molar-refractivity contribution < 1.29 is 4.74 Å². The molecule has 14 heavy (non-hydrogen) atoms. The Balaban J connectivity index is 2.47. The number of ether oxygens (including phenoxy) is 1. The smallest absolute Gasteiger partial charge is 0.252 e. The van der Waals surface area contributed by atoms with Crippen LogP contribution in [-0.2, 0) is 11.3 Å². The SMILES string of the molecule is COCCNCc1ccc(C)[nH]c1=O. The Bertz CT molecular complexity index is 333. The van der Waals surface area contributed by atoms with Gasteiger partial charge >= 0.3 is 0 Å². The number of nitrogens with one attached hydrogen (secondary N) is 2. The van der Waals surface area contributed by atoms with Gasteiger partial charge in [-0.2, -0.15) is 0 Å². The molecule has 0 amide bonds. The Morgan fingerprint density at radius 1 is 1.50 bits per heavy atom. The highest BCUT2D eigenvalue weighted by Crippen LogP contribution is 1.92. The summed E-state index contributed by atoms with van der Waals surface area (Å²) >= 11 is 0. The minimum Gasteiger partial charge on any atom is -0.383 e. The lowest BCUT2D eigenvalue weighted by atomic mass is 10.2. The molecule has 1 rings (SSSR count). The van der Waals surface area contributed by atoms with E-state index < -0.39 is 0 Å². The van der Waals surface area contributed by atoms with E-state index in [2.05, 4.69) is 10.3 Å². The molecule has 0 aliphatic rings. The molecule has 0 saturated heterocycles. The molecule has 0 fully saturated rings. The van der Waals surface area contributed by atoms with Crippen LogP contribution in [0.3, 0.4) is 0 Å². The number of methoxy groups -OCH3 is 1. The van der Waals surface area contributed by atoms with Gasteiger partial charge in [-0.3, -0.25) is 4.79 Å². The molecule has 0 spiro atoms. The van der Waals surface area contributed by atoms with E-state index in [1.807, 2.05) is 19.1 Å². The molecule has 1 aromatic rings. The van der Waals surface area contributed by atoms with Gasteiger partial charge in [0.25, 0.3) is 5.56 Å². The molecule has 0 aliphatic heterocycles. The van der Waals surface area contributed by atoms with Crippen molar-refractivity contribution in [3.05, 3.63) is 33.7 Å². The van der Waals surface area contributed by atoms with Crippen molar-refractivity contribution in [1.29, 1.82) is 0 Å². The second-order valence-electron chi connectivity index (χ2n) is 3.17. The van der Waals surface area contributed by atoms with Gasteiger partial charge in [0.1, 0.15) is 0 Å². The first-order valence-electron chi connectivity index (χ1n) is 4.62. The van der Waals surface area contributed by atoms with Crippen molar-refractivity contribution in [1.82, 2.24) is 10.3 Å². The van der Waals surface area contributed by atoms with E-state index in [0.717, 1.165) is 17.8 Å². The largest absolute Gasteiger partial charge is 0.383 e. The lowest BCUT2D eigenvalue weighted by Gasteiger charge is -2.03. The predicted molar refractivity (Wildman–Crippen MR) is 55.4 cm³/mol. The van der Waals surface area contributed by atoms with Crippen molar-refractivity contribution in [3.8, 4) is 0 Å². The van der Waals surface area contributed by atoms with Gasteiger partial charge < -0.3 is 15.0 Å². The quantitative estimate of drug-likeness (QED) is 0.671. The number of rotatable bonds is 5. The van der Waals surface area contributed by atoms with Crippen molar-refractivity contribution >= 4 is 0 Å². The predicted octanol–water partition coefficient (Wildman–Crippen LogP) is 0.419. The summed E-state index contributed by atoms with van der Waals surface area (Å²) < 4.78 is 4.88. The van der Waals surface area contributed by atoms with Gasteiger partial charge in [0.2, 0.25) is 0 Å². The van der Waals surface area contributed by atoms with Crippen LogP contribution in [-0.4, -0.2) is 25.2 Å². The van der Waals surface area contributed by atoms with E-state index >= 15 is 0 Å². The Hall–Kier alpha value is -1.13. The fourth-order valence-electron chi connectivity index (χ4n) is 1.14. The van der Waals surface area contributed by atoms with Gasteiger partial charge in [0.05, 0.1) is 6.61 Å². The van der Waals surface area contributed by atoms with Crippen molar-refractivity contribution in [2.75, 3.05) is 20.3 Å². The van der Waals surface area contributed by atoms with Crippen LogP contribution in [0.25, 0.3) is 0 Å². The highest BCUT2D eigenvalue weighted by atomic mass is 16.5. The van der Waals surface area contributed by atoms with Crippen LogP contribution >= 0.6 is 0 Å². The average molecular weight is 196 g/mol. The molecular weight excluding hydrogens is 180 g/mol. The molecule has 0 atom stereocenters. The zero-order valence-electron chi connectivity index (χ0n) is 8.59. The monoisotopic (exact) mass is 196 g/mol. The first-order valence-corrected chi connectivity index (χ1v) is 4.62. The van der Waals surface area contributed by atoms with Gasteiger partial charge in [-0.25, -0.2) is 0 Å². The van der Waals surface area contributed by atoms with Crippen LogP contribution in [0.5, 0.6) is 0 Å². The summed E-state index contributed by atoms with van der Waals surface area (Å²) in [5.74, 6) is 0. The summed E-state index contributed by atoms with van der Waals surface area (Å²) in [5.41, 5.74) is 1.62. The number of aromatic nitrogens is 1. The molecule has 0 unspecified atom stereocenters. The topological polar surface area (TPSA) is 54.1 Å². The third kappa shape index (κ3) is 3.32. The van der Waals surface area contributed by atoms with E-state index in [1.165, 1.54) is 0 Å². The van der Waals surface area contributed by atoms with E-state index in [-0.39, 0.29) is 5.56 Å². The van der Waals surface area contributed by atoms with Crippen LogP contribution in [0.1, 0.15) is 11.3 Å². The molecule has 2 N–H and O–H groups in total. The fourth-order valence-corrected chi connectivity index (χ4v) is 1.14. The van der Waals surface area contributed by atoms with Crippen molar-refractivity contribution in [2.24, 2.45) is 0 Å². The standard InChI is InChI=1S/C10H16N2O2/c1-8-3-4-9(10(13)12-8)7-11-5-6-14-2/h3-4,11H,5-7H2,1-2H3,(H,12,13). The number of hydrogen-bond donors (Lipinski definition) is 2. The maximum Gasteiger partial charge on any atom is 0.252 e. The van der Waals surface area contributed by atoms with Crippen LogP contribution in [0.4, 0.5) is 0 Å². The highest BCUT2D eigenvalue weighted by molar-refractivity contribution is 5.13. The molecule has 1 heterocycles. The third-order valence-corrected chi connectivity index (χ3v) is 1.94. The Morgan fingerprint density at radius 2 is 2.29 bits per heavy atom. The molecule has 0 saturated carbocycles.